The first kappa shape index (κ1) is 9.06. The van der Waals surface area contributed by atoms with Crippen molar-refractivity contribution in [2.24, 2.45) is 4.99 Å². The minimum atomic E-state index is 0.321. The lowest BCUT2D eigenvalue weighted by Crippen LogP contribution is -2.11. The van der Waals surface area contributed by atoms with Crippen LogP contribution in [0.25, 0.3) is 0 Å². The van der Waals surface area contributed by atoms with Gasteiger partial charge in [-0.2, -0.15) is 0 Å². The smallest absolute Gasteiger partial charge is 0.289 e. The Labute approximate surface area is 83.8 Å². The van der Waals surface area contributed by atoms with Gasteiger partial charge in [-0.25, -0.2) is 4.99 Å². The third-order valence-electron chi connectivity index (χ3n) is 2.21. The van der Waals surface area contributed by atoms with Crippen molar-refractivity contribution in [2.45, 2.75) is 19.4 Å². The summed E-state index contributed by atoms with van der Waals surface area (Å²) in [5, 5.41) is 3.13. The molecule has 0 bridgehead atoms. The number of benzene rings is 1. The Morgan fingerprint density at radius 3 is 2.86 bits per heavy atom. The van der Waals surface area contributed by atoms with Crippen LogP contribution in [-0.4, -0.2) is 18.7 Å². The second kappa shape index (κ2) is 4.13. The van der Waals surface area contributed by atoms with Crippen molar-refractivity contribution in [3.8, 4) is 0 Å². The average molecular weight is 190 g/mol. The largest absolute Gasteiger partial charge is 0.463 e. The molecule has 1 heterocycles. The molecule has 14 heavy (non-hydrogen) atoms. The highest BCUT2D eigenvalue weighted by Gasteiger charge is 2.16. The lowest BCUT2D eigenvalue weighted by atomic mass is 10.3. The molecule has 0 saturated heterocycles. The quantitative estimate of drug-likeness (QED) is 0.776. The predicted molar refractivity (Wildman–Crippen MR) is 57.5 cm³/mol. The van der Waals surface area contributed by atoms with Gasteiger partial charge < -0.3 is 10.1 Å². The number of anilines is 1. The van der Waals surface area contributed by atoms with Crippen molar-refractivity contribution >= 4 is 11.7 Å². The molecule has 1 atom stereocenters. The molecule has 0 saturated carbocycles. The summed E-state index contributed by atoms with van der Waals surface area (Å²) in [6, 6.07) is 10.9. The van der Waals surface area contributed by atoms with Gasteiger partial charge in [-0.05, 0) is 18.6 Å². The number of ether oxygens (including phenoxy) is 1. The van der Waals surface area contributed by atoms with Crippen molar-refractivity contribution in [3.05, 3.63) is 30.3 Å². The molecule has 0 spiro atoms. The van der Waals surface area contributed by atoms with Crippen LogP contribution in [0.4, 0.5) is 5.69 Å². The van der Waals surface area contributed by atoms with E-state index in [2.05, 4.69) is 17.2 Å². The maximum absolute atomic E-state index is 5.40. The number of rotatable bonds is 2. The summed E-state index contributed by atoms with van der Waals surface area (Å²) >= 11 is 0. The fourth-order valence-electron chi connectivity index (χ4n) is 1.34. The summed E-state index contributed by atoms with van der Waals surface area (Å²) < 4.78 is 5.40. The van der Waals surface area contributed by atoms with Crippen LogP contribution in [0, 0.1) is 0 Å². The first-order valence-electron chi connectivity index (χ1n) is 4.91. The van der Waals surface area contributed by atoms with E-state index >= 15 is 0 Å². The summed E-state index contributed by atoms with van der Waals surface area (Å²) in [5.74, 6) is 0. The summed E-state index contributed by atoms with van der Waals surface area (Å²) in [7, 11) is 0. The van der Waals surface area contributed by atoms with Crippen LogP contribution in [-0.2, 0) is 4.74 Å². The molecule has 1 aliphatic rings. The zero-order valence-corrected chi connectivity index (χ0v) is 8.23. The standard InChI is InChI=1S/C11H14N2O/c1-2-9-8-14-11(12-9)13-10-6-4-3-5-7-10/h3-7,9H,2,8H2,1H3,(H,12,13). The van der Waals surface area contributed by atoms with Gasteiger partial charge in [0.1, 0.15) is 6.61 Å². The van der Waals surface area contributed by atoms with E-state index in [1.54, 1.807) is 0 Å². The first-order valence-corrected chi connectivity index (χ1v) is 4.91. The van der Waals surface area contributed by atoms with Crippen molar-refractivity contribution in [3.63, 3.8) is 0 Å². The van der Waals surface area contributed by atoms with Crippen LogP contribution in [0.5, 0.6) is 0 Å². The molecule has 3 heteroatoms. The number of nitrogens with one attached hydrogen (secondary N) is 1. The lowest BCUT2D eigenvalue weighted by Gasteiger charge is -2.03. The number of amidine groups is 1. The Morgan fingerprint density at radius 1 is 1.43 bits per heavy atom. The van der Waals surface area contributed by atoms with Crippen LogP contribution >= 0.6 is 0 Å². The maximum Gasteiger partial charge on any atom is 0.289 e. The van der Waals surface area contributed by atoms with Gasteiger partial charge in [0.15, 0.2) is 0 Å². The molecule has 1 aromatic rings. The molecule has 0 amide bonds. The monoisotopic (exact) mass is 190 g/mol. The van der Waals surface area contributed by atoms with E-state index in [1.807, 2.05) is 30.3 Å². The van der Waals surface area contributed by atoms with Crippen molar-refractivity contribution in [2.75, 3.05) is 11.9 Å². The average Bonchev–Trinajstić information content (AvgIpc) is 2.67. The van der Waals surface area contributed by atoms with E-state index in [1.165, 1.54) is 0 Å². The van der Waals surface area contributed by atoms with E-state index < -0.39 is 0 Å². The summed E-state index contributed by atoms with van der Waals surface area (Å²) in [5.41, 5.74) is 1.02. The molecule has 1 aliphatic heterocycles. The van der Waals surface area contributed by atoms with Crippen molar-refractivity contribution < 1.29 is 4.74 Å². The van der Waals surface area contributed by atoms with Gasteiger partial charge in [0.2, 0.25) is 0 Å². The van der Waals surface area contributed by atoms with Crippen LogP contribution in [0.2, 0.25) is 0 Å². The summed E-state index contributed by atoms with van der Waals surface area (Å²) in [6.07, 6.45) is 1.03. The molecule has 3 nitrogen and oxygen atoms in total. The molecule has 74 valence electrons. The van der Waals surface area contributed by atoms with Crippen LogP contribution < -0.4 is 5.32 Å². The van der Waals surface area contributed by atoms with Gasteiger partial charge in [0.05, 0.1) is 6.04 Å². The summed E-state index contributed by atoms with van der Waals surface area (Å²) in [4.78, 5) is 4.39. The van der Waals surface area contributed by atoms with Crippen LogP contribution in [0.3, 0.4) is 0 Å². The number of para-hydroxylation sites is 1. The van der Waals surface area contributed by atoms with Gasteiger partial charge in [0.25, 0.3) is 6.02 Å². The SMILES string of the molecule is CCC1COC(Nc2ccccc2)=N1. The predicted octanol–water partition coefficient (Wildman–Crippen LogP) is 2.26. The first-order chi connectivity index (χ1) is 6.88. The zero-order valence-electron chi connectivity index (χ0n) is 8.23. The topological polar surface area (TPSA) is 33.6 Å². The Kier molecular flexibility index (Phi) is 2.68. The molecular formula is C11H14N2O. The normalized spacial score (nSPS) is 20.1. The van der Waals surface area contributed by atoms with E-state index in [0.717, 1.165) is 12.1 Å². The van der Waals surface area contributed by atoms with Gasteiger partial charge >= 0.3 is 0 Å². The number of nitrogens with zero attached hydrogens (tertiary/aromatic N) is 1. The fourth-order valence-corrected chi connectivity index (χ4v) is 1.34. The number of aliphatic imine (C=N–C) groups is 1. The minimum Gasteiger partial charge on any atom is -0.463 e. The van der Waals surface area contributed by atoms with Crippen molar-refractivity contribution in [1.29, 1.82) is 0 Å². The Bertz CT molecular complexity index is 321. The van der Waals surface area contributed by atoms with Gasteiger partial charge in [-0.1, -0.05) is 25.1 Å². The van der Waals surface area contributed by atoms with E-state index in [-0.39, 0.29) is 0 Å². The highest BCUT2D eigenvalue weighted by molar-refractivity contribution is 5.89. The second-order valence-corrected chi connectivity index (χ2v) is 3.30. The molecule has 0 radical (unpaired) electrons. The molecule has 0 fully saturated rings. The van der Waals surface area contributed by atoms with Gasteiger partial charge in [-0.3, -0.25) is 0 Å². The van der Waals surface area contributed by atoms with Crippen molar-refractivity contribution in [1.82, 2.24) is 0 Å². The maximum atomic E-state index is 5.40. The summed E-state index contributed by atoms with van der Waals surface area (Å²) in [6.45, 7) is 2.81. The Hall–Kier alpha value is -1.51. The van der Waals surface area contributed by atoms with Gasteiger partial charge in [-0.15, -0.1) is 0 Å². The molecule has 1 aromatic carbocycles. The van der Waals surface area contributed by atoms with Crippen LogP contribution in [0.15, 0.2) is 35.3 Å². The lowest BCUT2D eigenvalue weighted by molar-refractivity contribution is 0.313. The molecule has 0 aliphatic carbocycles. The van der Waals surface area contributed by atoms with Gasteiger partial charge in [0, 0.05) is 5.69 Å². The Balaban J connectivity index is 1.99. The third kappa shape index (κ3) is 2.05. The molecule has 1 unspecified atom stereocenters. The van der Waals surface area contributed by atoms with E-state index in [0.29, 0.717) is 18.7 Å². The minimum absolute atomic E-state index is 0.321. The number of hydrogen-bond donors (Lipinski definition) is 1. The van der Waals surface area contributed by atoms with Crippen LogP contribution in [0.1, 0.15) is 13.3 Å². The Morgan fingerprint density at radius 2 is 2.21 bits per heavy atom. The molecule has 2 rings (SSSR count). The van der Waals surface area contributed by atoms with E-state index in [4.69, 9.17) is 4.74 Å². The molecular weight excluding hydrogens is 176 g/mol. The highest BCUT2D eigenvalue weighted by Crippen LogP contribution is 2.11. The molecule has 1 N–H and O–H groups in total. The zero-order chi connectivity index (χ0) is 9.80. The fraction of sp³-hybridized carbons (Fsp3) is 0.364. The number of hydrogen-bond acceptors (Lipinski definition) is 3. The van der Waals surface area contributed by atoms with E-state index in [9.17, 15) is 0 Å². The highest BCUT2D eigenvalue weighted by atomic mass is 16.5. The second-order valence-electron chi connectivity index (χ2n) is 3.30. The molecule has 0 aromatic heterocycles. The third-order valence-corrected chi connectivity index (χ3v) is 2.21.